The standard InChI is InChI=1S/C17H12BrFN2O3/c1-10(16(22)21-13-5-2-11(9-20)3-6-13)24-17(23)14-7-4-12(18)8-15(14)19/h2-8,10H,1H3,(H,21,22)/t10-/m0/s1. The van der Waals surface area contributed by atoms with Crippen molar-refractivity contribution < 1.29 is 18.7 Å². The second-order valence-electron chi connectivity index (χ2n) is 4.85. The minimum Gasteiger partial charge on any atom is -0.449 e. The highest BCUT2D eigenvalue weighted by molar-refractivity contribution is 9.10. The van der Waals surface area contributed by atoms with Crippen molar-refractivity contribution in [2.75, 3.05) is 5.32 Å². The molecule has 0 spiro atoms. The summed E-state index contributed by atoms with van der Waals surface area (Å²) in [6.45, 7) is 1.38. The maximum atomic E-state index is 13.7. The monoisotopic (exact) mass is 390 g/mol. The number of rotatable bonds is 4. The van der Waals surface area contributed by atoms with E-state index in [0.717, 1.165) is 6.07 Å². The Morgan fingerprint density at radius 2 is 1.92 bits per heavy atom. The van der Waals surface area contributed by atoms with Crippen LogP contribution in [0, 0.1) is 17.1 Å². The second-order valence-corrected chi connectivity index (χ2v) is 5.77. The Morgan fingerprint density at radius 3 is 2.50 bits per heavy atom. The SMILES string of the molecule is C[C@H](OC(=O)c1ccc(Br)cc1F)C(=O)Nc1ccc(C#N)cc1. The van der Waals surface area contributed by atoms with Gasteiger partial charge in [-0.1, -0.05) is 15.9 Å². The molecule has 5 nitrogen and oxygen atoms in total. The van der Waals surface area contributed by atoms with Gasteiger partial charge in [-0.2, -0.15) is 5.26 Å². The molecule has 2 aromatic carbocycles. The van der Waals surface area contributed by atoms with Gasteiger partial charge in [0.15, 0.2) is 6.10 Å². The molecule has 0 saturated carbocycles. The van der Waals surface area contributed by atoms with E-state index in [1.165, 1.54) is 19.1 Å². The molecule has 2 rings (SSSR count). The molecule has 0 aliphatic heterocycles. The van der Waals surface area contributed by atoms with E-state index in [9.17, 15) is 14.0 Å². The number of halogens is 2. The number of esters is 1. The first kappa shape index (κ1) is 17.6. The smallest absolute Gasteiger partial charge is 0.341 e. The van der Waals surface area contributed by atoms with Crippen LogP contribution < -0.4 is 5.32 Å². The summed E-state index contributed by atoms with van der Waals surface area (Å²) in [7, 11) is 0. The zero-order chi connectivity index (χ0) is 17.7. The van der Waals surface area contributed by atoms with E-state index in [1.54, 1.807) is 24.3 Å². The lowest BCUT2D eigenvalue weighted by Gasteiger charge is -2.14. The van der Waals surface area contributed by atoms with Crippen molar-refractivity contribution >= 4 is 33.5 Å². The van der Waals surface area contributed by atoms with E-state index in [0.29, 0.717) is 15.7 Å². The van der Waals surface area contributed by atoms with Crippen LogP contribution in [-0.4, -0.2) is 18.0 Å². The van der Waals surface area contributed by atoms with Crippen LogP contribution in [0.1, 0.15) is 22.8 Å². The maximum absolute atomic E-state index is 13.7. The Balaban J connectivity index is 2.00. The molecule has 122 valence electrons. The van der Waals surface area contributed by atoms with Gasteiger partial charge in [0.25, 0.3) is 5.91 Å². The molecule has 1 atom stereocenters. The summed E-state index contributed by atoms with van der Waals surface area (Å²) in [5, 5.41) is 11.3. The van der Waals surface area contributed by atoms with Gasteiger partial charge in [-0.25, -0.2) is 9.18 Å². The van der Waals surface area contributed by atoms with Gasteiger partial charge in [-0.3, -0.25) is 4.79 Å². The molecule has 0 heterocycles. The summed E-state index contributed by atoms with van der Waals surface area (Å²) in [6, 6.07) is 12.1. The number of ether oxygens (including phenoxy) is 1. The third-order valence-corrected chi connectivity index (χ3v) is 3.58. The van der Waals surface area contributed by atoms with Crippen LogP contribution in [0.4, 0.5) is 10.1 Å². The molecule has 24 heavy (non-hydrogen) atoms. The first-order valence-electron chi connectivity index (χ1n) is 6.88. The largest absolute Gasteiger partial charge is 0.449 e. The van der Waals surface area contributed by atoms with Crippen molar-refractivity contribution in [1.29, 1.82) is 5.26 Å². The van der Waals surface area contributed by atoms with Crippen LogP contribution in [0.2, 0.25) is 0 Å². The van der Waals surface area contributed by atoms with Crippen LogP contribution in [0.25, 0.3) is 0 Å². The Kier molecular flexibility index (Phi) is 5.66. The normalized spacial score (nSPS) is 11.2. The molecule has 0 aliphatic rings. The summed E-state index contributed by atoms with van der Waals surface area (Å²) in [6.07, 6.45) is -1.11. The summed E-state index contributed by atoms with van der Waals surface area (Å²) in [5.74, 6) is -2.23. The zero-order valence-electron chi connectivity index (χ0n) is 12.5. The molecule has 0 fully saturated rings. The number of nitrogens with zero attached hydrogens (tertiary/aromatic N) is 1. The highest BCUT2D eigenvalue weighted by Crippen LogP contribution is 2.17. The Hall–Kier alpha value is -2.72. The molecule has 1 N–H and O–H groups in total. The number of nitrogens with one attached hydrogen (secondary N) is 1. The number of anilines is 1. The minimum absolute atomic E-state index is 0.253. The van der Waals surface area contributed by atoms with Gasteiger partial charge in [-0.05, 0) is 49.4 Å². The molecule has 0 radical (unpaired) electrons. The molecule has 1 amide bonds. The van der Waals surface area contributed by atoms with Gasteiger partial charge in [0.1, 0.15) is 5.82 Å². The zero-order valence-corrected chi connectivity index (χ0v) is 14.1. The molecule has 2 aromatic rings. The maximum Gasteiger partial charge on any atom is 0.341 e. The van der Waals surface area contributed by atoms with Gasteiger partial charge in [0.05, 0.1) is 17.2 Å². The van der Waals surface area contributed by atoms with E-state index < -0.39 is 23.8 Å². The van der Waals surface area contributed by atoms with E-state index in [2.05, 4.69) is 21.2 Å². The van der Waals surface area contributed by atoms with Gasteiger partial charge in [-0.15, -0.1) is 0 Å². The fourth-order valence-corrected chi connectivity index (χ4v) is 2.14. The van der Waals surface area contributed by atoms with E-state index >= 15 is 0 Å². The summed E-state index contributed by atoms with van der Waals surface area (Å²) in [4.78, 5) is 24.0. The van der Waals surface area contributed by atoms with Crippen molar-refractivity contribution in [3.63, 3.8) is 0 Å². The van der Waals surface area contributed by atoms with Crippen LogP contribution in [0.5, 0.6) is 0 Å². The van der Waals surface area contributed by atoms with Gasteiger partial charge >= 0.3 is 5.97 Å². The van der Waals surface area contributed by atoms with Gasteiger partial charge < -0.3 is 10.1 Å². The van der Waals surface area contributed by atoms with Gasteiger partial charge in [0.2, 0.25) is 0 Å². The highest BCUT2D eigenvalue weighted by atomic mass is 79.9. The fraction of sp³-hybridized carbons (Fsp3) is 0.118. The van der Waals surface area contributed by atoms with Crippen molar-refractivity contribution in [1.82, 2.24) is 0 Å². The Labute approximate surface area is 146 Å². The molecular weight excluding hydrogens is 379 g/mol. The number of carbonyl (C=O) groups excluding carboxylic acids is 2. The lowest BCUT2D eigenvalue weighted by atomic mass is 10.2. The molecule has 0 aliphatic carbocycles. The minimum atomic E-state index is -1.11. The predicted octanol–water partition coefficient (Wildman–Crippen LogP) is 3.64. The number of amides is 1. The fourth-order valence-electron chi connectivity index (χ4n) is 1.80. The molecular formula is C17H12BrFN2O3. The first-order chi connectivity index (χ1) is 11.4. The van der Waals surface area contributed by atoms with Crippen molar-refractivity contribution in [3.05, 3.63) is 63.9 Å². The van der Waals surface area contributed by atoms with Crippen molar-refractivity contribution in [2.24, 2.45) is 0 Å². The number of nitriles is 1. The van der Waals surface area contributed by atoms with Crippen LogP contribution in [-0.2, 0) is 9.53 Å². The molecule has 0 aromatic heterocycles. The second kappa shape index (κ2) is 7.70. The number of hydrogen-bond acceptors (Lipinski definition) is 4. The predicted molar refractivity (Wildman–Crippen MR) is 88.8 cm³/mol. The summed E-state index contributed by atoms with van der Waals surface area (Å²) >= 11 is 3.09. The molecule has 0 saturated heterocycles. The van der Waals surface area contributed by atoms with Crippen LogP contribution in [0.3, 0.4) is 0 Å². The third kappa shape index (κ3) is 4.40. The number of hydrogen-bond donors (Lipinski definition) is 1. The summed E-state index contributed by atoms with van der Waals surface area (Å²) < 4.78 is 19.2. The van der Waals surface area contributed by atoms with E-state index in [4.69, 9.17) is 10.00 Å². The molecule has 7 heteroatoms. The van der Waals surface area contributed by atoms with E-state index in [-0.39, 0.29) is 5.56 Å². The van der Waals surface area contributed by atoms with Gasteiger partial charge in [0, 0.05) is 10.2 Å². The number of carbonyl (C=O) groups is 2. The Bertz CT molecular complexity index is 816. The number of benzene rings is 2. The lowest BCUT2D eigenvalue weighted by Crippen LogP contribution is -2.30. The molecule has 0 bridgehead atoms. The highest BCUT2D eigenvalue weighted by Gasteiger charge is 2.21. The Morgan fingerprint density at radius 1 is 1.25 bits per heavy atom. The van der Waals surface area contributed by atoms with Crippen LogP contribution >= 0.6 is 15.9 Å². The third-order valence-electron chi connectivity index (χ3n) is 3.09. The van der Waals surface area contributed by atoms with Crippen molar-refractivity contribution in [3.8, 4) is 6.07 Å². The van der Waals surface area contributed by atoms with E-state index in [1.807, 2.05) is 6.07 Å². The molecule has 0 unspecified atom stereocenters. The topological polar surface area (TPSA) is 79.2 Å². The first-order valence-corrected chi connectivity index (χ1v) is 7.67. The average molecular weight is 391 g/mol. The average Bonchev–Trinajstić information content (AvgIpc) is 2.55. The lowest BCUT2D eigenvalue weighted by molar-refractivity contribution is -0.123. The van der Waals surface area contributed by atoms with Crippen molar-refractivity contribution in [2.45, 2.75) is 13.0 Å². The quantitative estimate of drug-likeness (QED) is 0.808. The van der Waals surface area contributed by atoms with Crippen LogP contribution in [0.15, 0.2) is 46.9 Å². The summed E-state index contributed by atoms with van der Waals surface area (Å²) in [5.41, 5.74) is 0.658.